The second kappa shape index (κ2) is 7.48. The zero-order valence-electron chi connectivity index (χ0n) is 6.94. The zero-order chi connectivity index (χ0) is 14.1. The predicted molar refractivity (Wildman–Crippen MR) is 95.0 cm³/mol. The maximum Gasteiger partial charge on any atom is 0.257 e. The summed E-state index contributed by atoms with van der Waals surface area (Å²) in [7, 11) is 0. The zero-order valence-corrected chi connectivity index (χ0v) is 18.1. The molecule has 104 valence electrons. The third-order valence-electron chi connectivity index (χ3n) is 0.646. The van der Waals surface area contributed by atoms with E-state index in [1.54, 1.807) is 0 Å². The third-order valence-corrected chi connectivity index (χ3v) is 13.1. The Morgan fingerprint density at radius 3 is 0.882 bits per heavy atom. The van der Waals surface area contributed by atoms with Crippen molar-refractivity contribution in [1.82, 2.24) is 0 Å². The lowest BCUT2D eigenvalue weighted by atomic mass is 13.8. The van der Waals surface area contributed by atoms with Crippen LogP contribution in [0, 0.1) is 0 Å². The molecule has 0 aromatic carbocycles. The second-order valence-electron chi connectivity index (χ2n) is 2.03. The van der Waals surface area contributed by atoms with Crippen LogP contribution in [0.1, 0.15) is 0 Å². The number of hydrogen-bond donors (Lipinski definition) is 0. The van der Waals surface area contributed by atoms with E-state index in [0.29, 0.717) is 0 Å². The van der Waals surface area contributed by atoms with Gasteiger partial charge in [-0.15, -0.1) is 0 Å². The van der Waals surface area contributed by atoms with E-state index in [9.17, 15) is 0 Å². The average Bonchev–Trinajstić information content (AvgIpc) is 1.65. The standard InChI is InChI=1S/Cl6N3P3.Cl3PS/c1-10(2)7-11(3,4)9-12(5,6)8-10;1-4(2,3)5. The fraction of sp³-hybridized carbons (Fsp3) is 0. The molecule has 0 fully saturated rings. The van der Waals surface area contributed by atoms with E-state index in [-0.39, 0.29) is 0 Å². The lowest BCUT2D eigenvalue weighted by Crippen LogP contribution is -1.62. The van der Waals surface area contributed by atoms with Crippen molar-refractivity contribution >= 4 is 135 Å². The first-order valence-corrected chi connectivity index (χ1v) is 18.9. The highest BCUT2D eigenvalue weighted by molar-refractivity contribution is 8.50. The van der Waals surface area contributed by atoms with Crippen LogP contribution in [0.5, 0.6) is 0 Å². The maximum atomic E-state index is 5.64. The molecule has 1 rings (SSSR count). The van der Waals surface area contributed by atoms with Gasteiger partial charge in [-0.3, -0.25) is 0 Å². The van der Waals surface area contributed by atoms with E-state index in [0.717, 1.165) is 0 Å². The molecule has 0 unspecified atom stereocenters. The normalized spacial score (nSPS) is 24.3. The van der Waals surface area contributed by atoms with Gasteiger partial charge in [0.15, 0.2) is 0 Å². The van der Waals surface area contributed by atoms with Crippen LogP contribution in [0.3, 0.4) is 0 Å². The van der Waals surface area contributed by atoms with Gasteiger partial charge in [0.25, 0.3) is 17.7 Å². The molecule has 0 saturated carbocycles. The van der Waals surface area contributed by atoms with Crippen molar-refractivity contribution in [2.45, 2.75) is 0 Å². The lowest BCUT2D eigenvalue weighted by Gasteiger charge is -2.16. The molecule has 1 aliphatic heterocycles. The highest BCUT2D eigenvalue weighted by Gasteiger charge is 2.30. The van der Waals surface area contributed by atoms with Gasteiger partial charge in [0.2, 0.25) is 4.10 Å². The molecule has 0 saturated heterocycles. The first-order chi connectivity index (χ1) is 7.12. The Morgan fingerprint density at radius 1 is 0.647 bits per heavy atom. The summed E-state index contributed by atoms with van der Waals surface area (Å²) in [6.07, 6.45) is 0. The average molecular weight is 517 g/mol. The Balaban J connectivity index is 0.000000437. The lowest BCUT2D eigenvalue weighted by molar-refractivity contribution is 1.80. The number of rotatable bonds is 0. The fourth-order valence-electron chi connectivity index (χ4n) is 0.442. The Labute approximate surface area is 146 Å². The minimum absolute atomic E-state index is 2.39. The monoisotopic (exact) mass is 513 g/mol. The van der Waals surface area contributed by atoms with Crippen molar-refractivity contribution in [1.29, 1.82) is 0 Å². The number of halogens is 9. The fourth-order valence-corrected chi connectivity index (χ4v) is 19.3. The summed E-state index contributed by atoms with van der Waals surface area (Å²) in [6.45, 7) is 0. The molecule has 17 heavy (non-hydrogen) atoms. The summed E-state index contributed by atoms with van der Waals surface area (Å²) in [5.74, 6) is -8.72. The molecular weight excluding hydrogens is 517 g/mol. The van der Waals surface area contributed by atoms with Crippen molar-refractivity contribution in [2.24, 2.45) is 13.5 Å². The molecule has 3 nitrogen and oxygen atoms in total. The van der Waals surface area contributed by atoms with E-state index in [4.69, 9.17) is 101 Å². The van der Waals surface area contributed by atoms with E-state index >= 15 is 0 Å². The quantitative estimate of drug-likeness (QED) is 0.295. The van der Waals surface area contributed by atoms with Gasteiger partial charge in [0.05, 0.1) is 0 Å². The third kappa shape index (κ3) is 13.3. The first kappa shape index (κ1) is 20.9. The Hall–Kier alpha value is 3.95. The SMILES string of the molecule is ClP1(Cl)=NP(Cl)(Cl)=NP(Cl)(Cl)=N1.S=P(Cl)(Cl)Cl. The summed E-state index contributed by atoms with van der Waals surface area (Å²) >= 11 is 53.0. The topological polar surface area (TPSA) is 37.1 Å². The van der Waals surface area contributed by atoms with Gasteiger partial charge >= 0.3 is 0 Å². The van der Waals surface area contributed by atoms with Crippen molar-refractivity contribution in [3.63, 3.8) is 0 Å². The molecule has 0 amide bonds. The van der Waals surface area contributed by atoms with Crippen molar-refractivity contribution in [2.75, 3.05) is 0 Å². The van der Waals surface area contributed by atoms with Crippen molar-refractivity contribution < 1.29 is 0 Å². The van der Waals surface area contributed by atoms with E-state index < -0.39 is 21.8 Å². The summed E-state index contributed by atoms with van der Waals surface area (Å²) in [4.78, 5) is 0. The molecule has 0 aromatic heterocycles. The molecule has 0 aromatic rings. The molecule has 1 heterocycles. The molecule has 0 bridgehead atoms. The van der Waals surface area contributed by atoms with Crippen LogP contribution in [-0.2, 0) is 11.8 Å². The van der Waals surface area contributed by atoms with Gasteiger partial charge in [-0.2, -0.15) is 13.5 Å². The van der Waals surface area contributed by atoms with Crippen LogP contribution in [0.15, 0.2) is 13.5 Å². The summed E-state index contributed by atoms with van der Waals surface area (Å²) in [6, 6.07) is 0. The smallest absolute Gasteiger partial charge is 0.185 e. The highest BCUT2D eigenvalue weighted by Crippen LogP contribution is 2.87. The molecule has 1 aliphatic rings. The van der Waals surface area contributed by atoms with Crippen molar-refractivity contribution in [3.8, 4) is 0 Å². The summed E-state index contributed by atoms with van der Waals surface area (Å²) in [5.41, 5.74) is 0. The maximum absolute atomic E-state index is 5.64. The number of nitrogens with zero attached hydrogens (tertiary/aromatic N) is 3. The minimum Gasteiger partial charge on any atom is -0.185 e. The molecule has 0 radical (unpaired) electrons. The van der Waals surface area contributed by atoms with Gasteiger partial charge < -0.3 is 0 Å². The highest BCUT2D eigenvalue weighted by atomic mass is 36.1. The summed E-state index contributed by atoms with van der Waals surface area (Å²) in [5, 5.41) is 0. The van der Waals surface area contributed by atoms with Crippen LogP contribution in [0.4, 0.5) is 0 Å². The first-order valence-electron chi connectivity index (χ1n) is 2.90. The van der Waals surface area contributed by atoms with E-state index in [1.807, 2.05) is 0 Å². The molecule has 0 atom stereocenters. The van der Waals surface area contributed by atoms with E-state index in [1.165, 1.54) is 0 Å². The molecular formula is Cl9N3P4S. The minimum atomic E-state index is -2.91. The Morgan fingerprint density at radius 2 is 0.765 bits per heavy atom. The Bertz CT molecular complexity index is 401. The van der Waals surface area contributed by atoms with Gasteiger partial charge in [-0.25, -0.2) is 0 Å². The van der Waals surface area contributed by atoms with Crippen LogP contribution >= 0.6 is 123 Å². The van der Waals surface area contributed by atoms with Crippen LogP contribution < -0.4 is 0 Å². The molecule has 0 aliphatic carbocycles. The Kier molecular flexibility index (Phi) is 9.22. The van der Waals surface area contributed by atoms with Crippen molar-refractivity contribution in [3.05, 3.63) is 0 Å². The van der Waals surface area contributed by atoms with Crippen LogP contribution in [0.2, 0.25) is 0 Å². The van der Waals surface area contributed by atoms with E-state index in [2.05, 4.69) is 25.4 Å². The van der Waals surface area contributed by atoms with Crippen LogP contribution in [0.25, 0.3) is 0 Å². The van der Waals surface area contributed by atoms with Gasteiger partial charge in [0, 0.05) is 0 Å². The van der Waals surface area contributed by atoms with Crippen LogP contribution in [-0.4, -0.2) is 0 Å². The number of hydrogen-bond acceptors (Lipinski definition) is 4. The summed E-state index contributed by atoms with van der Waals surface area (Å²) < 4.78 is 8.57. The second-order valence-corrected chi connectivity index (χ2v) is 27.3. The molecule has 0 N–H and O–H groups in total. The predicted octanol–water partition coefficient (Wildman–Crippen LogP) is 10.2. The largest absolute Gasteiger partial charge is 0.257 e. The molecule has 0 spiro atoms. The van der Waals surface area contributed by atoms with Gasteiger partial charge in [0.1, 0.15) is 0 Å². The van der Waals surface area contributed by atoms with Gasteiger partial charge in [-0.05, 0) is 79.3 Å². The molecule has 17 heteroatoms. The van der Waals surface area contributed by atoms with Gasteiger partial charge in [-0.1, -0.05) is 33.7 Å².